The number of anilines is 1. The van der Waals surface area contributed by atoms with Crippen LogP contribution in [0, 0.1) is 0 Å². The Hall–Kier alpha value is -3.88. The predicted octanol–water partition coefficient (Wildman–Crippen LogP) is 4.29. The van der Waals surface area contributed by atoms with Gasteiger partial charge in [0.2, 0.25) is 24.0 Å². The molecule has 9 nitrogen and oxygen atoms in total. The molecular weight excluding hydrogens is 460 g/mol. The summed E-state index contributed by atoms with van der Waals surface area (Å²) in [5, 5.41) is 4.09. The summed E-state index contributed by atoms with van der Waals surface area (Å²) in [5.74, 6) is 2.94. The van der Waals surface area contributed by atoms with Gasteiger partial charge in [-0.15, -0.1) is 0 Å². The van der Waals surface area contributed by atoms with E-state index in [1.54, 1.807) is 12.0 Å². The predicted molar refractivity (Wildman–Crippen MR) is 135 cm³/mol. The van der Waals surface area contributed by atoms with Crippen LogP contribution >= 0.6 is 0 Å². The quantitative estimate of drug-likeness (QED) is 0.454. The van der Waals surface area contributed by atoms with Crippen LogP contribution in [0.3, 0.4) is 0 Å². The number of hydrogen-bond acceptors (Lipinski definition) is 7. The maximum Gasteiger partial charge on any atom is 0.230 e. The molecule has 3 heterocycles. The number of carbonyl (C=O) groups is 2. The summed E-state index contributed by atoms with van der Waals surface area (Å²) < 4.78 is 16.3. The van der Waals surface area contributed by atoms with Crippen LogP contribution in [0.15, 0.2) is 53.1 Å². The number of benzene rings is 2. The summed E-state index contributed by atoms with van der Waals surface area (Å²) in [6, 6.07) is 15.4. The van der Waals surface area contributed by atoms with Crippen LogP contribution < -0.4 is 14.4 Å². The smallest absolute Gasteiger partial charge is 0.230 e. The molecule has 2 amide bonds. The highest BCUT2D eigenvalue weighted by Crippen LogP contribution is 2.33. The van der Waals surface area contributed by atoms with Crippen molar-refractivity contribution >= 4 is 18.0 Å². The van der Waals surface area contributed by atoms with Crippen molar-refractivity contribution in [1.29, 1.82) is 0 Å². The summed E-state index contributed by atoms with van der Waals surface area (Å²) in [6.45, 7) is 4.82. The van der Waals surface area contributed by atoms with E-state index in [0.717, 1.165) is 56.6 Å². The molecule has 0 aliphatic carbocycles. The highest BCUT2D eigenvalue weighted by Gasteiger charge is 2.25. The number of carbonyl (C=O) groups excluding carboxylic acids is 2. The minimum atomic E-state index is 0.201. The topological polar surface area (TPSA) is 98.0 Å². The highest BCUT2D eigenvalue weighted by atomic mass is 16.5. The van der Waals surface area contributed by atoms with Crippen LogP contribution in [0.2, 0.25) is 0 Å². The van der Waals surface area contributed by atoms with E-state index in [1.165, 1.54) is 0 Å². The van der Waals surface area contributed by atoms with Gasteiger partial charge in [0.05, 0.1) is 13.7 Å². The molecule has 0 saturated carbocycles. The Kier molecular flexibility index (Phi) is 8.54. The van der Waals surface area contributed by atoms with Gasteiger partial charge >= 0.3 is 0 Å². The molecule has 0 spiro atoms. The minimum Gasteiger partial charge on any atom is -0.493 e. The van der Waals surface area contributed by atoms with Crippen molar-refractivity contribution in [3.05, 3.63) is 54.4 Å². The zero-order chi connectivity index (χ0) is 25.3. The van der Waals surface area contributed by atoms with Crippen molar-refractivity contribution in [3.8, 4) is 22.9 Å². The summed E-state index contributed by atoms with van der Waals surface area (Å²) in [6.07, 6.45) is 4.27. The molecule has 36 heavy (non-hydrogen) atoms. The van der Waals surface area contributed by atoms with E-state index in [4.69, 9.17) is 14.0 Å². The van der Waals surface area contributed by atoms with E-state index in [0.29, 0.717) is 36.2 Å². The van der Waals surface area contributed by atoms with E-state index >= 15 is 0 Å². The van der Waals surface area contributed by atoms with Gasteiger partial charge in [-0.3, -0.25) is 9.59 Å². The first kappa shape index (κ1) is 25.2. The van der Waals surface area contributed by atoms with Crippen LogP contribution in [-0.2, 0) is 9.59 Å². The second kappa shape index (κ2) is 12.2. The van der Waals surface area contributed by atoms with E-state index in [9.17, 15) is 9.59 Å². The number of methoxy groups -OCH3 is 1. The van der Waals surface area contributed by atoms with Crippen LogP contribution in [0.25, 0.3) is 11.4 Å². The standard InChI is InChI=1S/C17H21N3O4.C10H11NO/c1-3-23-14-5-4-13(10-15(14)22-2)16-18-17(24-19-16)12-6-8-20(11-21)9-7-12;12-10-7-4-8-11(10)9-5-2-1-3-6-9/h4-5,10-12H,3,6-9H2,1-2H3;1-3,5-6H,4,7-8H2. The molecule has 0 N–H and O–H groups in total. The second-order valence-electron chi connectivity index (χ2n) is 8.66. The highest BCUT2D eigenvalue weighted by molar-refractivity contribution is 5.95. The SMILES string of the molecule is CCOc1ccc(-c2noc(C3CCN(C=O)CC3)n2)cc1OC.O=C1CCCN1c1ccccc1. The van der Waals surface area contributed by atoms with Crippen molar-refractivity contribution in [1.82, 2.24) is 15.0 Å². The van der Waals surface area contributed by atoms with Gasteiger partial charge in [-0.2, -0.15) is 4.98 Å². The van der Waals surface area contributed by atoms with Gasteiger partial charge in [0.1, 0.15) is 0 Å². The van der Waals surface area contributed by atoms with Gasteiger partial charge in [-0.1, -0.05) is 23.4 Å². The Bertz CT molecular complexity index is 1140. The Morgan fingerprint density at radius 3 is 2.50 bits per heavy atom. The molecule has 2 aliphatic heterocycles. The van der Waals surface area contributed by atoms with Crippen LogP contribution in [0.4, 0.5) is 5.69 Å². The molecule has 0 radical (unpaired) electrons. The molecule has 2 saturated heterocycles. The zero-order valence-corrected chi connectivity index (χ0v) is 20.8. The third kappa shape index (κ3) is 6.02. The molecule has 2 aliphatic rings. The average Bonchev–Trinajstić information content (AvgIpc) is 3.60. The molecule has 1 aromatic heterocycles. The summed E-state index contributed by atoms with van der Waals surface area (Å²) in [5.41, 5.74) is 1.84. The maximum absolute atomic E-state index is 11.3. The lowest BCUT2D eigenvalue weighted by molar-refractivity contribution is -0.119. The summed E-state index contributed by atoms with van der Waals surface area (Å²) >= 11 is 0. The minimum absolute atomic E-state index is 0.201. The fraction of sp³-hybridized carbons (Fsp3) is 0.407. The molecule has 9 heteroatoms. The number of hydrogen-bond donors (Lipinski definition) is 0. The molecule has 2 aromatic carbocycles. The van der Waals surface area contributed by atoms with Gasteiger partial charge in [0.25, 0.3) is 0 Å². The number of para-hydroxylation sites is 1. The number of amides is 2. The van der Waals surface area contributed by atoms with E-state index in [-0.39, 0.29) is 11.8 Å². The van der Waals surface area contributed by atoms with Crippen LogP contribution in [0.1, 0.15) is 44.4 Å². The van der Waals surface area contributed by atoms with Crippen molar-refractivity contribution in [2.75, 3.05) is 38.3 Å². The fourth-order valence-corrected chi connectivity index (χ4v) is 4.38. The molecule has 0 bridgehead atoms. The Labute approximate surface area is 211 Å². The lowest BCUT2D eigenvalue weighted by Crippen LogP contribution is -2.31. The molecule has 0 atom stereocenters. The molecule has 190 valence electrons. The fourth-order valence-electron chi connectivity index (χ4n) is 4.38. The van der Waals surface area contributed by atoms with Crippen molar-refractivity contribution in [2.45, 2.75) is 38.5 Å². The van der Waals surface area contributed by atoms with Crippen molar-refractivity contribution < 1.29 is 23.6 Å². The molecular formula is C27H32N4O5. The maximum atomic E-state index is 11.3. The van der Waals surface area contributed by atoms with Crippen LogP contribution in [-0.4, -0.2) is 60.7 Å². The number of likely N-dealkylation sites (tertiary alicyclic amines) is 1. The first-order chi connectivity index (χ1) is 17.6. The van der Waals surface area contributed by atoms with Crippen LogP contribution in [0.5, 0.6) is 11.5 Å². The largest absolute Gasteiger partial charge is 0.493 e. The van der Waals surface area contributed by atoms with E-state index in [1.807, 2.05) is 60.4 Å². The van der Waals surface area contributed by atoms with Gasteiger partial charge in [0.15, 0.2) is 11.5 Å². The number of nitrogens with zero attached hydrogens (tertiary/aromatic N) is 4. The number of aromatic nitrogens is 2. The van der Waals surface area contributed by atoms with Gasteiger partial charge in [-0.05, 0) is 56.5 Å². The average molecular weight is 493 g/mol. The summed E-state index contributed by atoms with van der Waals surface area (Å²) in [7, 11) is 1.60. The summed E-state index contributed by atoms with van der Waals surface area (Å²) in [4.78, 5) is 30.2. The van der Waals surface area contributed by atoms with Gasteiger partial charge < -0.3 is 23.8 Å². The Morgan fingerprint density at radius 1 is 1.08 bits per heavy atom. The lowest BCUT2D eigenvalue weighted by atomic mass is 9.97. The number of rotatable bonds is 7. The zero-order valence-electron chi connectivity index (χ0n) is 20.8. The first-order valence-corrected chi connectivity index (χ1v) is 12.3. The third-order valence-electron chi connectivity index (χ3n) is 6.33. The normalized spacial score (nSPS) is 15.9. The van der Waals surface area contributed by atoms with Gasteiger partial charge in [-0.25, -0.2) is 0 Å². The van der Waals surface area contributed by atoms with E-state index in [2.05, 4.69) is 10.1 Å². The van der Waals surface area contributed by atoms with E-state index < -0.39 is 0 Å². The monoisotopic (exact) mass is 492 g/mol. The number of ether oxygens (including phenoxy) is 2. The lowest BCUT2D eigenvalue weighted by Gasteiger charge is -2.26. The Morgan fingerprint density at radius 2 is 1.86 bits per heavy atom. The second-order valence-corrected chi connectivity index (χ2v) is 8.66. The van der Waals surface area contributed by atoms with Crippen molar-refractivity contribution in [2.24, 2.45) is 0 Å². The number of piperidine rings is 1. The third-order valence-corrected chi connectivity index (χ3v) is 6.33. The first-order valence-electron chi connectivity index (χ1n) is 12.3. The van der Waals surface area contributed by atoms with Gasteiger partial charge in [0, 0.05) is 43.2 Å². The molecule has 0 unspecified atom stereocenters. The molecule has 2 fully saturated rings. The molecule has 5 rings (SSSR count). The van der Waals surface area contributed by atoms with Crippen molar-refractivity contribution in [3.63, 3.8) is 0 Å². The Balaban J connectivity index is 0.000000211. The molecule has 3 aromatic rings.